The summed E-state index contributed by atoms with van der Waals surface area (Å²) in [5, 5.41) is 16.3. The van der Waals surface area contributed by atoms with Crippen molar-refractivity contribution in [3.05, 3.63) is 35.4 Å². The Hall–Kier alpha value is -2.64. The monoisotopic (exact) mass is 344 g/mol. The molecule has 2 unspecified atom stereocenters. The van der Waals surface area contributed by atoms with Crippen molar-refractivity contribution in [2.45, 2.75) is 26.7 Å². The first kappa shape index (κ1) is 17.2. The molecule has 8 nitrogen and oxygen atoms in total. The van der Waals surface area contributed by atoms with Gasteiger partial charge in [-0.3, -0.25) is 19.8 Å². The number of hydrogen-bond donors (Lipinski definition) is 3. The van der Waals surface area contributed by atoms with Crippen LogP contribution in [0.4, 0.5) is 0 Å². The Bertz CT molecular complexity index is 723. The molecule has 0 aliphatic carbocycles. The van der Waals surface area contributed by atoms with E-state index >= 15 is 0 Å². The molecule has 134 valence electrons. The number of aryl methyl sites for hydroxylation is 1. The average molecular weight is 344 g/mol. The Morgan fingerprint density at radius 2 is 2.20 bits per heavy atom. The molecule has 3 rings (SSSR count). The Labute approximate surface area is 146 Å². The van der Waals surface area contributed by atoms with Crippen LogP contribution in [0.5, 0.6) is 0 Å². The summed E-state index contributed by atoms with van der Waals surface area (Å²) in [5.74, 6) is 0.739. The zero-order valence-electron chi connectivity index (χ0n) is 14.6. The number of aromatic nitrogens is 4. The van der Waals surface area contributed by atoms with E-state index in [1.807, 2.05) is 11.8 Å². The zero-order valence-corrected chi connectivity index (χ0v) is 14.6. The van der Waals surface area contributed by atoms with E-state index in [0.29, 0.717) is 43.5 Å². The summed E-state index contributed by atoms with van der Waals surface area (Å²) in [4.78, 5) is 26.4. The highest BCUT2D eigenvalue weighted by Gasteiger charge is 2.30. The highest BCUT2D eigenvalue weighted by molar-refractivity contribution is 5.95. The quantitative estimate of drug-likeness (QED) is 0.749. The normalized spacial score (nSPS) is 20.5. The van der Waals surface area contributed by atoms with Gasteiger partial charge in [-0.2, -0.15) is 10.2 Å². The minimum atomic E-state index is 0.00104. The minimum Gasteiger partial charge on any atom is -0.356 e. The molecule has 3 N–H and O–H groups in total. The molecule has 1 aliphatic rings. The van der Waals surface area contributed by atoms with Crippen molar-refractivity contribution in [2.75, 3.05) is 19.6 Å². The van der Waals surface area contributed by atoms with Gasteiger partial charge >= 0.3 is 0 Å². The summed E-state index contributed by atoms with van der Waals surface area (Å²) >= 11 is 0. The smallest absolute Gasteiger partial charge is 0.257 e. The largest absolute Gasteiger partial charge is 0.356 e. The lowest BCUT2D eigenvalue weighted by Crippen LogP contribution is -2.46. The summed E-state index contributed by atoms with van der Waals surface area (Å²) in [5.41, 5.74) is 2.31. The fourth-order valence-electron chi connectivity index (χ4n) is 3.29. The van der Waals surface area contributed by atoms with Crippen LogP contribution in [-0.2, 0) is 11.2 Å². The lowest BCUT2D eigenvalue weighted by Gasteiger charge is -2.37. The number of nitrogens with zero attached hydrogens (tertiary/aromatic N) is 3. The second-order valence-corrected chi connectivity index (χ2v) is 6.77. The number of aromatic amines is 2. The van der Waals surface area contributed by atoms with Crippen molar-refractivity contribution in [2.24, 2.45) is 11.8 Å². The molecule has 0 radical (unpaired) electrons. The standard InChI is InChI=1S/C17H24N6O2/c1-11-10-23(17(25)15-9-21-22-12(15)2)4-3-14(11)8-18-16(24)5-13-6-19-20-7-13/h6-7,9,11,14H,3-5,8,10H2,1-2H3,(H,18,24)(H,19,20)(H,21,22). The second-order valence-electron chi connectivity index (χ2n) is 6.77. The number of piperidine rings is 1. The summed E-state index contributed by atoms with van der Waals surface area (Å²) in [6, 6.07) is 0. The molecule has 3 heterocycles. The third-order valence-corrected chi connectivity index (χ3v) is 4.91. The molecule has 0 bridgehead atoms. The maximum atomic E-state index is 12.6. The van der Waals surface area contributed by atoms with E-state index in [0.717, 1.165) is 17.7 Å². The first-order chi connectivity index (χ1) is 12.0. The highest BCUT2D eigenvalue weighted by atomic mass is 16.2. The van der Waals surface area contributed by atoms with E-state index < -0.39 is 0 Å². The maximum Gasteiger partial charge on any atom is 0.257 e. The summed E-state index contributed by atoms with van der Waals surface area (Å²) in [6.07, 6.45) is 6.19. The van der Waals surface area contributed by atoms with Crippen molar-refractivity contribution in [1.82, 2.24) is 30.6 Å². The molecular weight excluding hydrogens is 320 g/mol. The third-order valence-electron chi connectivity index (χ3n) is 4.91. The number of carbonyl (C=O) groups is 2. The molecule has 2 aromatic rings. The number of hydrogen-bond acceptors (Lipinski definition) is 4. The van der Waals surface area contributed by atoms with Crippen LogP contribution in [0.3, 0.4) is 0 Å². The van der Waals surface area contributed by atoms with Crippen molar-refractivity contribution in [3.8, 4) is 0 Å². The first-order valence-electron chi connectivity index (χ1n) is 8.58. The van der Waals surface area contributed by atoms with E-state index in [9.17, 15) is 9.59 Å². The van der Waals surface area contributed by atoms with Gasteiger partial charge in [0, 0.05) is 31.5 Å². The van der Waals surface area contributed by atoms with E-state index in [4.69, 9.17) is 0 Å². The Morgan fingerprint density at radius 3 is 2.84 bits per heavy atom. The molecule has 1 fully saturated rings. The lowest BCUT2D eigenvalue weighted by atomic mass is 9.86. The fourth-order valence-corrected chi connectivity index (χ4v) is 3.29. The zero-order chi connectivity index (χ0) is 17.8. The molecule has 0 saturated carbocycles. The Morgan fingerprint density at radius 1 is 1.36 bits per heavy atom. The van der Waals surface area contributed by atoms with Crippen LogP contribution in [0.15, 0.2) is 18.6 Å². The van der Waals surface area contributed by atoms with Gasteiger partial charge in [-0.1, -0.05) is 6.92 Å². The van der Waals surface area contributed by atoms with Crippen LogP contribution in [0.1, 0.15) is 35.0 Å². The van der Waals surface area contributed by atoms with Gasteiger partial charge in [0.1, 0.15) is 0 Å². The lowest BCUT2D eigenvalue weighted by molar-refractivity contribution is -0.120. The van der Waals surface area contributed by atoms with E-state index in [1.165, 1.54) is 0 Å². The van der Waals surface area contributed by atoms with Crippen molar-refractivity contribution in [3.63, 3.8) is 0 Å². The molecule has 1 aliphatic heterocycles. The molecular formula is C17H24N6O2. The van der Waals surface area contributed by atoms with Gasteiger partial charge in [-0.05, 0) is 30.7 Å². The minimum absolute atomic E-state index is 0.00104. The third kappa shape index (κ3) is 4.07. The van der Waals surface area contributed by atoms with Crippen LogP contribution in [0, 0.1) is 18.8 Å². The van der Waals surface area contributed by atoms with Gasteiger partial charge in [0.2, 0.25) is 5.91 Å². The predicted molar refractivity (Wildman–Crippen MR) is 91.8 cm³/mol. The molecule has 8 heteroatoms. The summed E-state index contributed by atoms with van der Waals surface area (Å²) < 4.78 is 0. The number of H-pyrrole nitrogens is 2. The average Bonchev–Trinajstić information content (AvgIpc) is 3.24. The van der Waals surface area contributed by atoms with Crippen LogP contribution in [-0.4, -0.2) is 56.7 Å². The SMILES string of the molecule is Cc1[nH]ncc1C(=O)N1CCC(CNC(=O)Cc2cn[nH]c2)C(C)C1. The topological polar surface area (TPSA) is 107 Å². The molecule has 0 spiro atoms. The maximum absolute atomic E-state index is 12.6. The molecule has 2 atom stereocenters. The van der Waals surface area contributed by atoms with Crippen LogP contribution in [0.2, 0.25) is 0 Å². The van der Waals surface area contributed by atoms with Crippen LogP contribution < -0.4 is 5.32 Å². The summed E-state index contributed by atoms with van der Waals surface area (Å²) in [7, 11) is 0. The predicted octanol–water partition coefficient (Wildman–Crippen LogP) is 0.898. The number of rotatable bonds is 5. The molecule has 2 amide bonds. The van der Waals surface area contributed by atoms with E-state index in [1.54, 1.807) is 18.6 Å². The van der Waals surface area contributed by atoms with Gasteiger partial charge in [0.15, 0.2) is 0 Å². The van der Waals surface area contributed by atoms with Crippen molar-refractivity contribution < 1.29 is 9.59 Å². The van der Waals surface area contributed by atoms with Gasteiger partial charge in [-0.15, -0.1) is 0 Å². The Balaban J connectivity index is 1.48. The molecule has 2 aromatic heterocycles. The van der Waals surface area contributed by atoms with Crippen molar-refractivity contribution >= 4 is 11.8 Å². The molecule has 25 heavy (non-hydrogen) atoms. The number of nitrogens with one attached hydrogen (secondary N) is 3. The van der Waals surface area contributed by atoms with E-state index in [-0.39, 0.29) is 11.8 Å². The van der Waals surface area contributed by atoms with Crippen molar-refractivity contribution in [1.29, 1.82) is 0 Å². The van der Waals surface area contributed by atoms with Gasteiger partial charge in [0.25, 0.3) is 5.91 Å². The highest BCUT2D eigenvalue weighted by Crippen LogP contribution is 2.24. The fraction of sp³-hybridized carbons (Fsp3) is 0.529. The van der Waals surface area contributed by atoms with Gasteiger partial charge in [-0.25, -0.2) is 0 Å². The van der Waals surface area contributed by atoms with Crippen LogP contribution >= 0.6 is 0 Å². The number of amides is 2. The number of carbonyl (C=O) groups excluding carboxylic acids is 2. The molecule has 0 aromatic carbocycles. The van der Waals surface area contributed by atoms with Gasteiger partial charge < -0.3 is 10.2 Å². The van der Waals surface area contributed by atoms with Crippen LogP contribution in [0.25, 0.3) is 0 Å². The first-order valence-corrected chi connectivity index (χ1v) is 8.58. The Kier molecular flexibility index (Phi) is 5.16. The second kappa shape index (κ2) is 7.50. The number of likely N-dealkylation sites (tertiary alicyclic amines) is 1. The molecule has 1 saturated heterocycles. The van der Waals surface area contributed by atoms with E-state index in [2.05, 4.69) is 32.6 Å². The summed E-state index contributed by atoms with van der Waals surface area (Å²) in [6.45, 7) is 6.03. The van der Waals surface area contributed by atoms with Gasteiger partial charge in [0.05, 0.1) is 24.4 Å².